The van der Waals surface area contributed by atoms with Gasteiger partial charge in [0, 0.05) is 29.9 Å². The van der Waals surface area contributed by atoms with Gasteiger partial charge in [-0.2, -0.15) is 0 Å². The Kier molecular flexibility index (Phi) is 5.22. The van der Waals surface area contributed by atoms with Crippen LogP contribution in [0.2, 0.25) is 0 Å². The number of aromatic nitrogens is 1. The highest BCUT2D eigenvalue weighted by molar-refractivity contribution is 9.10. The molecule has 3 nitrogen and oxygen atoms in total. The van der Waals surface area contributed by atoms with Crippen LogP contribution < -0.4 is 0 Å². The van der Waals surface area contributed by atoms with Crippen molar-refractivity contribution in [3.8, 4) is 0 Å². The van der Waals surface area contributed by atoms with Gasteiger partial charge in [-0.1, -0.05) is 0 Å². The van der Waals surface area contributed by atoms with Crippen molar-refractivity contribution in [2.45, 2.75) is 32.0 Å². The van der Waals surface area contributed by atoms with E-state index >= 15 is 0 Å². The van der Waals surface area contributed by atoms with Gasteiger partial charge in [0.2, 0.25) is 0 Å². The first-order valence-corrected chi connectivity index (χ1v) is 5.72. The van der Waals surface area contributed by atoms with Gasteiger partial charge in [0.1, 0.15) is 0 Å². The van der Waals surface area contributed by atoms with Gasteiger partial charge in [-0.3, -0.25) is 4.98 Å². The molecule has 0 aliphatic carbocycles. The van der Waals surface area contributed by atoms with E-state index in [1.807, 2.05) is 19.1 Å². The molecule has 0 aliphatic heterocycles. The van der Waals surface area contributed by atoms with Crippen molar-refractivity contribution in [3.63, 3.8) is 0 Å². The summed E-state index contributed by atoms with van der Waals surface area (Å²) in [5.41, 5.74) is 0.897. The van der Waals surface area contributed by atoms with Gasteiger partial charge >= 0.3 is 0 Å². The first kappa shape index (κ1) is 12.6. The van der Waals surface area contributed by atoms with Crippen molar-refractivity contribution >= 4 is 15.9 Å². The Balaban J connectivity index is 2.44. The number of aliphatic hydroxyl groups is 1. The zero-order chi connectivity index (χ0) is 11.3. The summed E-state index contributed by atoms with van der Waals surface area (Å²) in [6.45, 7) is 1.94. The van der Waals surface area contributed by atoms with Crippen molar-refractivity contribution in [2.75, 3.05) is 7.11 Å². The van der Waals surface area contributed by atoms with Crippen LogP contribution in [0.25, 0.3) is 0 Å². The second-order valence-electron chi connectivity index (χ2n) is 3.61. The first-order valence-electron chi connectivity index (χ1n) is 4.93. The molecule has 0 aromatic carbocycles. The highest BCUT2D eigenvalue weighted by Crippen LogP contribution is 2.11. The molecule has 0 saturated carbocycles. The normalized spacial score (nSPS) is 14.9. The van der Waals surface area contributed by atoms with Crippen molar-refractivity contribution in [1.29, 1.82) is 0 Å². The summed E-state index contributed by atoms with van der Waals surface area (Å²) < 4.78 is 6.04. The molecule has 0 amide bonds. The summed E-state index contributed by atoms with van der Waals surface area (Å²) in [5, 5.41) is 9.74. The maximum absolute atomic E-state index is 9.74. The number of aliphatic hydroxyl groups excluding tert-OH is 1. The molecule has 1 aromatic rings. The number of hydrogen-bond donors (Lipinski definition) is 1. The Morgan fingerprint density at radius 2 is 2.27 bits per heavy atom. The molecule has 0 radical (unpaired) electrons. The van der Waals surface area contributed by atoms with Crippen molar-refractivity contribution in [2.24, 2.45) is 0 Å². The van der Waals surface area contributed by atoms with Crippen molar-refractivity contribution in [3.05, 3.63) is 28.5 Å². The number of halogens is 1. The smallest absolute Gasteiger partial charge is 0.0620 e. The van der Waals surface area contributed by atoms with Crippen LogP contribution in [0.1, 0.15) is 19.0 Å². The maximum Gasteiger partial charge on any atom is 0.0620 e. The lowest BCUT2D eigenvalue weighted by atomic mass is 10.1. The van der Waals surface area contributed by atoms with Crippen LogP contribution in [-0.4, -0.2) is 29.4 Å². The molecule has 0 fully saturated rings. The van der Waals surface area contributed by atoms with Crippen LogP contribution in [0.5, 0.6) is 0 Å². The summed E-state index contributed by atoms with van der Waals surface area (Å²) in [5.74, 6) is 0. The number of pyridine rings is 1. The van der Waals surface area contributed by atoms with Crippen LogP contribution >= 0.6 is 15.9 Å². The third-order valence-electron chi connectivity index (χ3n) is 2.24. The van der Waals surface area contributed by atoms with Gasteiger partial charge in [-0.25, -0.2) is 0 Å². The molecule has 0 saturated heterocycles. The molecular weight excluding hydrogens is 258 g/mol. The summed E-state index contributed by atoms with van der Waals surface area (Å²) >= 11 is 3.32. The number of rotatable bonds is 5. The van der Waals surface area contributed by atoms with Crippen molar-refractivity contribution < 1.29 is 9.84 Å². The van der Waals surface area contributed by atoms with Crippen molar-refractivity contribution in [1.82, 2.24) is 4.98 Å². The van der Waals surface area contributed by atoms with Gasteiger partial charge < -0.3 is 9.84 Å². The van der Waals surface area contributed by atoms with E-state index in [2.05, 4.69) is 20.9 Å². The molecule has 84 valence electrons. The lowest BCUT2D eigenvalue weighted by molar-refractivity contribution is 0.0562. The Labute approximate surface area is 98.6 Å². The van der Waals surface area contributed by atoms with Crippen LogP contribution in [0, 0.1) is 0 Å². The van der Waals surface area contributed by atoms with E-state index in [0.717, 1.165) is 10.2 Å². The SMILES string of the molecule is COC(C)CC(O)Cc1ccc(Br)cn1. The summed E-state index contributed by atoms with van der Waals surface area (Å²) in [6, 6.07) is 3.83. The average molecular weight is 274 g/mol. The monoisotopic (exact) mass is 273 g/mol. The Morgan fingerprint density at radius 1 is 1.53 bits per heavy atom. The third-order valence-corrected chi connectivity index (χ3v) is 2.71. The molecule has 1 aromatic heterocycles. The lowest BCUT2D eigenvalue weighted by Gasteiger charge is -2.14. The predicted octanol–water partition coefficient (Wildman–Crippen LogP) is 2.17. The minimum absolute atomic E-state index is 0.0791. The van der Waals surface area contributed by atoms with E-state index in [1.54, 1.807) is 13.3 Å². The highest BCUT2D eigenvalue weighted by Gasteiger charge is 2.10. The molecule has 2 unspecified atom stereocenters. The lowest BCUT2D eigenvalue weighted by Crippen LogP contribution is -2.19. The van der Waals surface area contributed by atoms with E-state index in [9.17, 15) is 5.11 Å². The van der Waals surface area contributed by atoms with E-state index in [0.29, 0.717) is 12.8 Å². The molecule has 0 bridgehead atoms. The van der Waals surface area contributed by atoms with Crippen LogP contribution in [0.15, 0.2) is 22.8 Å². The van der Waals surface area contributed by atoms with E-state index in [-0.39, 0.29) is 6.10 Å². The topological polar surface area (TPSA) is 42.4 Å². The molecular formula is C11H16BrNO2. The van der Waals surface area contributed by atoms with Gasteiger partial charge in [-0.15, -0.1) is 0 Å². The number of methoxy groups -OCH3 is 1. The molecule has 1 rings (SSSR count). The Hall–Kier alpha value is -0.450. The number of nitrogens with zero attached hydrogens (tertiary/aromatic N) is 1. The van der Waals surface area contributed by atoms with Gasteiger partial charge in [0.25, 0.3) is 0 Å². The minimum Gasteiger partial charge on any atom is -0.393 e. The molecule has 0 aliphatic rings. The molecule has 15 heavy (non-hydrogen) atoms. The van der Waals surface area contributed by atoms with E-state index < -0.39 is 6.10 Å². The van der Waals surface area contributed by atoms with Gasteiger partial charge in [0.05, 0.1) is 12.2 Å². The minimum atomic E-state index is -0.395. The zero-order valence-electron chi connectivity index (χ0n) is 8.98. The fourth-order valence-electron chi connectivity index (χ4n) is 1.33. The van der Waals surface area contributed by atoms with Crippen LogP contribution in [0.4, 0.5) is 0 Å². The van der Waals surface area contributed by atoms with Crippen LogP contribution in [0.3, 0.4) is 0 Å². The fourth-order valence-corrected chi connectivity index (χ4v) is 1.57. The molecule has 4 heteroatoms. The second-order valence-corrected chi connectivity index (χ2v) is 4.52. The molecule has 1 heterocycles. The standard InChI is InChI=1S/C11H16BrNO2/c1-8(15-2)5-11(14)6-10-4-3-9(12)7-13-10/h3-4,7-8,11,14H,5-6H2,1-2H3. The highest BCUT2D eigenvalue weighted by atomic mass is 79.9. The zero-order valence-corrected chi connectivity index (χ0v) is 10.6. The number of ether oxygens (including phenoxy) is 1. The Bertz CT molecular complexity index is 289. The summed E-state index contributed by atoms with van der Waals surface area (Å²) in [4.78, 5) is 4.20. The second kappa shape index (κ2) is 6.20. The fraction of sp³-hybridized carbons (Fsp3) is 0.545. The summed E-state index contributed by atoms with van der Waals surface area (Å²) in [6.07, 6.45) is 2.63. The first-order chi connectivity index (χ1) is 7.11. The van der Waals surface area contributed by atoms with E-state index in [4.69, 9.17) is 4.74 Å². The van der Waals surface area contributed by atoms with Gasteiger partial charge in [-0.05, 0) is 41.4 Å². The molecule has 0 spiro atoms. The largest absolute Gasteiger partial charge is 0.393 e. The predicted molar refractivity (Wildman–Crippen MR) is 62.7 cm³/mol. The molecule has 1 N–H and O–H groups in total. The maximum atomic E-state index is 9.74. The third kappa shape index (κ3) is 4.73. The Morgan fingerprint density at radius 3 is 2.80 bits per heavy atom. The quantitative estimate of drug-likeness (QED) is 0.894. The van der Waals surface area contributed by atoms with E-state index in [1.165, 1.54) is 0 Å². The van der Waals surface area contributed by atoms with Crippen LogP contribution in [-0.2, 0) is 11.2 Å². The number of hydrogen-bond acceptors (Lipinski definition) is 3. The average Bonchev–Trinajstić information content (AvgIpc) is 2.21. The van der Waals surface area contributed by atoms with Gasteiger partial charge in [0.15, 0.2) is 0 Å². The summed E-state index contributed by atoms with van der Waals surface area (Å²) in [7, 11) is 1.65. The molecule has 2 atom stereocenters.